The van der Waals surface area contributed by atoms with Crippen LogP contribution in [0.15, 0.2) is 54.6 Å². The summed E-state index contributed by atoms with van der Waals surface area (Å²) in [6.45, 7) is 1.69. The van der Waals surface area contributed by atoms with Crippen LogP contribution in [0.1, 0.15) is 30.9 Å². The number of piperidine rings is 1. The Labute approximate surface area is 228 Å². The van der Waals surface area contributed by atoms with Gasteiger partial charge in [0.25, 0.3) is 0 Å². The molecule has 8 nitrogen and oxygen atoms in total. The Bertz CT molecular complexity index is 1350. The third-order valence-corrected chi connectivity index (χ3v) is 7.67. The summed E-state index contributed by atoms with van der Waals surface area (Å²) < 4.78 is 48.8. The van der Waals surface area contributed by atoms with Crippen LogP contribution in [0.3, 0.4) is 0 Å². The maximum Gasteiger partial charge on any atom is 0.429 e. The molecule has 3 heterocycles. The molecule has 39 heavy (non-hydrogen) atoms. The van der Waals surface area contributed by atoms with Crippen molar-refractivity contribution in [2.24, 2.45) is 5.41 Å². The molecule has 5 rings (SSSR count). The van der Waals surface area contributed by atoms with Gasteiger partial charge in [0.05, 0.1) is 0 Å². The van der Waals surface area contributed by atoms with Crippen molar-refractivity contribution < 1.29 is 27.8 Å². The van der Waals surface area contributed by atoms with Gasteiger partial charge in [0.1, 0.15) is 11.9 Å². The van der Waals surface area contributed by atoms with E-state index in [1.54, 1.807) is 30.3 Å². The second-order valence-electron chi connectivity index (χ2n) is 10.0. The number of carbonyl (C=O) groups is 1. The number of nitrogen functional groups attached to an aromatic ring is 1. The summed E-state index contributed by atoms with van der Waals surface area (Å²) in [7, 11) is 0. The molecule has 1 aromatic heterocycles. The van der Waals surface area contributed by atoms with E-state index in [1.807, 2.05) is 4.90 Å². The summed E-state index contributed by atoms with van der Waals surface area (Å²) in [5, 5.41) is 12.5. The minimum Gasteiger partial charge on any atom is -0.480 e. The van der Waals surface area contributed by atoms with Crippen LogP contribution in [0.2, 0.25) is 5.02 Å². The molecule has 2 saturated heterocycles. The standard InChI is InChI=1S/C27H27ClF3N5O3/c28-17-6-7-18(16-4-2-1-3-5-16)19(12-17)23(27(29,30)31)39-22-13-21(34-25(32)35-22)36-10-8-26(9-11-36)14-20(24(37)38)33-15-26/h1-7,12-13,20,23,33H,8-11,14-15H2,(H,37,38)(H2,32,34,35). The number of rotatable bonds is 6. The lowest BCUT2D eigenvalue weighted by molar-refractivity contribution is -0.198. The van der Waals surface area contributed by atoms with E-state index in [0.29, 0.717) is 55.8 Å². The first kappa shape index (κ1) is 27.0. The van der Waals surface area contributed by atoms with Crippen LogP contribution in [-0.4, -0.2) is 52.9 Å². The summed E-state index contributed by atoms with van der Waals surface area (Å²) in [6.07, 6.45) is -5.21. The first-order chi connectivity index (χ1) is 18.5. The number of hydrogen-bond acceptors (Lipinski definition) is 7. The SMILES string of the molecule is Nc1nc(OC(c2cc(Cl)ccc2-c2ccccc2)C(F)(F)F)cc(N2CCC3(CC2)CNC(C(=O)O)C3)n1. The maximum absolute atomic E-state index is 14.4. The first-order valence-corrected chi connectivity index (χ1v) is 12.8. The topological polar surface area (TPSA) is 114 Å². The average Bonchev–Trinajstić information content (AvgIpc) is 3.31. The molecular weight excluding hydrogens is 535 g/mol. The van der Waals surface area contributed by atoms with Gasteiger partial charge in [-0.05, 0) is 47.9 Å². The zero-order valence-corrected chi connectivity index (χ0v) is 21.5. The molecule has 4 N–H and O–H groups in total. The molecule has 0 amide bonds. The Morgan fingerprint density at radius 2 is 1.87 bits per heavy atom. The van der Waals surface area contributed by atoms with E-state index in [0.717, 1.165) is 0 Å². The number of hydrogen-bond donors (Lipinski definition) is 3. The Morgan fingerprint density at radius 3 is 2.51 bits per heavy atom. The van der Waals surface area contributed by atoms with Gasteiger partial charge in [-0.25, -0.2) is 0 Å². The lowest BCUT2D eigenvalue weighted by Crippen LogP contribution is -2.41. The number of carboxylic acid groups (broad SMARTS) is 1. The summed E-state index contributed by atoms with van der Waals surface area (Å²) >= 11 is 6.12. The minimum absolute atomic E-state index is 0.138. The van der Waals surface area contributed by atoms with E-state index in [1.165, 1.54) is 24.3 Å². The number of anilines is 2. The number of nitrogens with one attached hydrogen (secondary N) is 1. The first-order valence-electron chi connectivity index (χ1n) is 12.5. The van der Waals surface area contributed by atoms with Gasteiger partial charge in [-0.1, -0.05) is 48.0 Å². The summed E-state index contributed by atoms with van der Waals surface area (Å²) in [4.78, 5) is 21.4. The number of aliphatic carboxylic acids is 1. The maximum atomic E-state index is 14.4. The molecule has 2 aliphatic rings. The Balaban J connectivity index is 1.40. The van der Waals surface area contributed by atoms with Crippen molar-refractivity contribution in [2.45, 2.75) is 37.6 Å². The van der Waals surface area contributed by atoms with E-state index in [-0.39, 0.29) is 27.8 Å². The molecule has 206 valence electrons. The van der Waals surface area contributed by atoms with Crippen molar-refractivity contribution in [1.82, 2.24) is 15.3 Å². The quantitative estimate of drug-likeness (QED) is 0.381. The minimum atomic E-state index is -4.79. The molecule has 2 aliphatic heterocycles. The molecule has 3 aromatic rings. The number of nitrogens with zero attached hydrogens (tertiary/aromatic N) is 3. The van der Waals surface area contributed by atoms with Crippen molar-refractivity contribution >= 4 is 29.3 Å². The number of ether oxygens (including phenoxy) is 1. The van der Waals surface area contributed by atoms with Gasteiger partial charge in [0.2, 0.25) is 17.9 Å². The van der Waals surface area contributed by atoms with Crippen LogP contribution in [0, 0.1) is 5.41 Å². The van der Waals surface area contributed by atoms with Crippen molar-refractivity contribution in [3.63, 3.8) is 0 Å². The molecule has 0 bridgehead atoms. The van der Waals surface area contributed by atoms with E-state index < -0.39 is 24.3 Å². The number of halogens is 4. The molecule has 0 saturated carbocycles. The van der Waals surface area contributed by atoms with Gasteiger partial charge >= 0.3 is 12.1 Å². The lowest BCUT2D eigenvalue weighted by Gasteiger charge is -2.39. The molecule has 0 aliphatic carbocycles. The highest BCUT2D eigenvalue weighted by Gasteiger charge is 2.46. The van der Waals surface area contributed by atoms with E-state index in [4.69, 9.17) is 22.1 Å². The average molecular weight is 562 g/mol. The molecule has 0 radical (unpaired) electrons. The molecule has 2 fully saturated rings. The van der Waals surface area contributed by atoms with Gasteiger partial charge in [-0.15, -0.1) is 0 Å². The fourth-order valence-electron chi connectivity index (χ4n) is 5.39. The van der Waals surface area contributed by atoms with Crippen molar-refractivity contribution in [1.29, 1.82) is 0 Å². The largest absolute Gasteiger partial charge is 0.480 e. The van der Waals surface area contributed by atoms with Gasteiger partial charge in [0.15, 0.2) is 0 Å². The Hall–Kier alpha value is -3.57. The van der Waals surface area contributed by atoms with Crippen LogP contribution in [0.4, 0.5) is 24.9 Å². The number of alkyl halides is 3. The van der Waals surface area contributed by atoms with E-state index in [2.05, 4.69) is 15.3 Å². The van der Waals surface area contributed by atoms with Gasteiger partial charge in [-0.2, -0.15) is 23.1 Å². The molecule has 2 atom stereocenters. The van der Waals surface area contributed by atoms with Gasteiger partial charge in [-0.3, -0.25) is 4.79 Å². The van der Waals surface area contributed by atoms with Crippen LogP contribution in [0.5, 0.6) is 5.88 Å². The van der Waals surface area contributed by atoms with E-state index in [9.17, 15) is 23.1 Å². The van der Waals surface area contributed by atoms with Crippen LogP contribution < -0.4 is 20.7 Å². The van der Waals surface area contributed by atoms with Crippen LogP contribution in [0.25, 0.3) is 11.1 Å². The molecule has 1 spiro atoms. The highest BCUT2D eigenvalue weighted by Crippen LogP contribution is 2.43. The second kappa shape index (κ2) is 10.5. The third-order valence-electron chi connectivity index (χ3n) is 7.43. The van der Waals surface area contributed by atoms with Crippen LogP contribution in [-0.2, 0) is 4.79 Å². The molecule has 2 unspecified atom stereocenters. The van der Waals surface area contributed by atoms with Crippen molar-refractivity contribution in [3.8, 4) is 17.0 Å². The zero-order chi connectivity index (χ0) is 27.8. The summed E-state index contributed by atoms with van der Waals surface area (Å²) in [5.41, 5.74) is 6.52. The third kappa shape index (κ3) is 5.89. The van der Waals surface area contributed by atoms with Gasteiger partial charge < -0.3 is 25.8 Å². The Kier molecular flexibility index (Phi) is 7.30. The van der Waals surface area contributed by atoms with Crippen molar-refractivity contribution in [2.75, 3.05) is 30.3 Å². The normalized spacial score (nSPS) is 19.7. The smallest absolute Gasteiger partial charge is 0.429 e. The van der Waals surface area contributed by atoms with Crippen LogP contribution >= 0.6 is 11.6 Å². The second-order valence-corrected chi connectivity index (χ2v) is 10.5. The highest BCUT2D eigenvalue weighted by atomic mass is 35.5. The molecule has 12 heteroatoms. The predicted octanol–water partition coefficient (Wildman–Crippen LogP) is 5.09. The number of aromatic nitrogens is 2. The lowest BCUT2D eigenvalue weighted by atomic mass is 9.76. The van der Waals surface area contributed by atoms with Crippen molar-refractivity contribution in [3.05, 3.63) is 65.2 Å². The predicted molar refractivity (Wildman–Crippen MR) is 141 cm³/mol. The molecule has 2 aromatic carbocycles. The fourth-order valence-corrected chi connectivity index (χ4v) is 5.57. The Morgan fingerprint density at radius 1 is 1.15 bits per heavy atom. The number of benzene rings is 2. The van der Waals surface area contributed by atoms with E-state index >= 15 is 0 Å². The summed E-state index contributed by atoms with van der Waals surface area (Å²) in [5.74, 6) is -1.04. The number of carboxylic acids is 1. The number of nitrogens with two attached hydrogens (primary N) is 1. The monoisotopic (exact) mass is 561 g/mol. The fraction of sp³-hybridized carbons (Fsp3) is 0.370. The molecular formula is C27H27ClF3N5O3. The van der Waals surface area contributed by atoms with Gasteiger partial charge in [0, 0.05) is 36.3 Å². The summed E-state index contributed by atoms with van der Waals surface area (Å²) in [6, 6.07) is 13.8. The highest BCUT2D eigenvalue weighted by molar-refractivity contribution is 6.30. The zero-order valence-electron chi connectivity index (χ0n) is 20.8.